The molecule has 0 aliphatic carbocycles. The minimum atomic E-state index is -4.28. The van der Waals surface area contributed by atoms with Gasteiger partial charge in [0.15, 0.2) is 0 Å². The van der Waals surface area contributed by atoms with Gasteiger partial charge in [0.25, 0.3) is 21.8 Å². The van der Waals surface area contributed by atoms with Crippen molar-refractivity contribution in [3.63, 3.8) is 0 Å². The smallest absolute Gasteiger partial charge is 0.391 e. The fourth-order valence-electron chi connectivity index (χ4n) is 3.25. The van der Waals surface area contributed by atoms with Crippen LogP contribution in [0, 0.1) is 0 Å². The van der Waals surface area contributed by atoms with E-state index in [1.165, 1.54) is 43.5 Å². The molecule has 38 heavy (non-hydrogen) atoms. The number of hydrogen-bond acceptors (Lipinski definition) is 8. The van der Waals surface area contributed by atoms with Gasteiger partial charge in [-0.15, -0.1) is 0 Å². The van der Waals surface area contributed by atoms with E-state index in [1.54, 1.807) is 0 Å². The first-order valence-corrected chi connectivity index (χ1v) is 13.2. The molecule has 2 aromatic carbocycles. The lowest BCUT2D eigenvalue weighted by Gasteiger charge is -2.10. The van der Waals surface area contributed by atoms with E-state index in [9.17, 15) is 22.8 Å². The highest BCUT2D eigenvalue weighted by Crippen LogP contribution is 2.14. The lowest BCUT2D eigenvalue weighted by molar-refractivity contribution is 0.0951. The molecule has 11 nitrogen and oxygen atoms in total. The zero-order valence-corrected chi connectivity index (χ0v) is 21.5. The first-order chi connectivity index (χ1) is 18.3. The number of carbonyl (C=O) groups excluding carboxylic acids is 3. The number of rotatable bonds is 12. The van der Waals surface area contributed by atoms with Crippen LogP contribution in [-0.2, 0) is 21.2 Å². The van der Waals surface area contributed by atoms with Crippen LogP contribution < -0.4 is 20.1 Å². The summed E-state index contributed by atoms with van der Waals surface area (Å²) < 4.78 is 37.3. The van der Waals surface area contributed by atoms with Crippen LogP contribution in [0.25, 0.3) is 0 Å². The van der Waals surface area contributed by atoms with E-state index >= 15 is 0 Å². The molecular weight excluding hydrogens is 512 g/mol. The Kier molecular flexibility index (Phi) is 10.3. The predicted molar refractivity (Wildman–Crippen MR) is 138 cm³/mol. The standard InChI is InChI=1S/C26H28N4O7S/c1-36-16-15-28-26(33)37-23-13-12-21(18-29-23)25(32)30-38(34,35)22-11-5-10-20(17-22)24(31)27-14-6-9-19-7-3-2-4-8-19/h2-5,7-8,10-13,17-18H,6,9,14-16H2,1H3,(H,27,31)(H,28,33)(H,30,32). The molecule has 3 aromatic rings. The van der Waals surface area contributed by atoms with Crippen molar-refractivity contribution < 1.29 is 32.3 Å². The van der Waals surface area contributed by atoms with Crippen LogP contribution in [-0.4, -0.2) is 58.1 Å². The van der Waals surface area contributed by atoms with Crippen molar-refractivity contribution in [1.29, 1.82) is 0 Å². The second-order valence-corrected chi connectivity index (χ2v) is 9.68. The van der Waals surface area contributed by atoms with Gasteiger partial charge in [-0.1, -0.05) is 36.4 Å². The lowest BCUT2D eigenvalue weighted by Crippen LogP contribution is -2.31. The zero-order chi connectivity index (χ0) is 27.4. The topological polar surface area (TPSA) is 153 Å². The van der Waals surface area contributed by atoms with Crippen molar-refractivity contribution >= 4 is 27.9 Å². The number of ether oxygens (including phenoxy) is 2. The monoisotopic (exact) mass is 540 g/mol. The Bertz CT molecular complexity index is 1350. The summed E-state index contributed by atoms with van der Waals surface area (Å²) in [5.41, 5.74) is 1.23. The number of benzene rings is 2. The number of amides is 3. The van der Waals surface area contributed by atoms with E-state index in [4.69, 9.17) is 9.47 Å². The Hall–Kier alpha value is -4.29. The average molecular weight is 541 g/mol. The predicted octanol–water partition coefficient (Wildman–Crippen LogP) is 2.30. The summed E-state index contributed by atoms with van der Waals surface area (Å²) in [6.45, 7) is 0.964. The van der Waals surface area contributed by atoms with Gasteiger partial charge in [0, 0.05) is 38.0 Å². The molecule has 0 unspecified atom stereocenters. The van der Waals surface area contributed by atoms with E-state index in [-0.39, 0.29) is 28.4 Å². The van der Waals surface area contributed by atoms with Gasteiger partial charge in [0.2, 0.25) is 5.88 Å². The molecule has 0 saturated heterocycles. The lowest BCUT2D eigenvalue weighted by atomic mass is 10.1. The maximum atomic E-state index is 12.8. The molecule has 0 saturated carbocycles. The van der Waals surface area contributed by atoms with Gasteiger partial charge in [-0.2, -0.15) is 0 Å². The van der Waals surface area contributed by atoms with Crippen molar-refractivity contribution in [3.05, 3.63) is 89.6 Å². The molecular formula is C26H28N4O7S. The molecule has 1 heterocycles. The van der Waals surface area contributed by atoms with Gasteiger partial charge in [0.05, 0.1) is 17.1 Å². The number of sulfonamides is 1. The second-order valence-electron chi connectivity index (χ2n) is 8.00. The van der Waals surface area contributed by atoms with Gasteiger partial charge in [-0.05, 0) is 42.7 Å². The fourth-order valence-corrected chi connectivity index (χ4v) is 4.27. The highest BCUT2D eigenvalue weighted by Gasteiger charge is 2.20. The van der Waals surface area contributed by atoms with E-state index < -0.39 is 27.9 Å². The quantitative estimate of drug-likeness (QED) is 0.296. The molecule has 3 amide bonds. The third-order valence-corrected chi connectivity index (χ3v) is 6.50. The van der Waals surface area contributed by atoms with Crippen LogP contribution in [0.5, 0.6) is 5.88 Å². The second kappa shape index (κ2) is 13.9. The maximum absolute atomic E-state index is 12.8. The minimum absolute atomic E-state index is 0.0759. The number of aromatic nitrogens is 1. The maximum Gasteiger partial charge on any atom is 0.414 e. The molecule has 0 spiro atoms. The minimum Gasteiger partial charge on any atom is -0.391 e. The number of hydrogen-bond donors (Lipinski definition) is 3. The van der Waals surface area contributed by atoms with Gasteiger partial charge >= 0.3 is 6.09 Å². The molecule has 0 atom stereocenters. The zero-order valence-electron chi connectivity index (χ0n) is 20.7. The first-order valence-electron chi connectivity index (χ1n) is 11.7. The third-order valence-electron chi connectivity index (χ3n) is 5.18. The van der Waals surface area contributed by atoms with Crippen LogP contribution in [0.15, 0.2) is 77.8 Å². The number of pyridine rings is 1. The summed E-state index contributed by atoms with van der Waals surface area (Å²) in [7, 11) is -2.79. The normalized spacial score (nSPS) is 10.9. The number of aryl methyl sites for hydroxylation is 1. The summed E-state index contributed by atoms with van der Waals surface area (Å²) in [5, 5.41) is 5.21. The van der Waals surface area contributed by atoms with Crippen molar-refractivity contribution in [1.82, 2.24) is 20.3 Å². The van der Waals surface area contributed by atoms with Crippen LogP contribution in [0.1, 0.15) is 32.7 Å². The Balaban J connectivity index is 1.54. The number of carbonyl (C=O) groups is 3. The van der Waals surface area contributed by atoms with Crippen LogP contribution in [0.3, 0.4) is 0 Å². The molecule has 200 valence electrons. The van der Waals surface area contributed by atoms with Crippen LogP contribution in [0.2, 0.25) is 0 Å². The Morgan fingerprint density at radius 2 is 1.66 bits per heavy atom. The van der Waals surface area contributed by atoms with Crippen molar-refractivity contribution in [2.75, 3.05) is 26.8 Å². The highest BCUT2D eigenvalue weighted by molar-refractivity contribution is 7.90. The Morgan fingerprint density at radius 1 is 0.868 bits per heavy atom. The van der Waals surface area contributed by atoms with Gasteiger partial charge in [0.1, 0.15) is 0 Å². The summed E-state index contributed by atoms with van der Waals surface area (Å²) >= 11 is 0. The van der Waals surface area contributed by atoms with Gasteiger partial charge in [-0.25, -0.2) is 22.9 Å². The molecule has 0 bridgehead atoms. The van der Waals surface area contributed by atoms with E-state index in [0.717, 1.165) is 24.6 Å². The summed E-state index contributed by atoms with van der Waals surface area (Å²) in [5.74, 6) is -1.45. The van der Waals surface area contributed by atoms with Gasteiger partial charge < -0.3 is 20.1 Å². The average Bonchev–Trinajstić information content (AvgIpc) is 2.92. The van der Waals surface area contributed by atoms with E-state index in [2.05, 4.69) is 15.6 Å². The van der Waals surface area contributed by atoms with Crippen molar-refractivity contribution in [3.8, 4) is 5.88 Å². The highest BCUT2D eigenvalue weighted by atomic mass is 32.2. The fraction of sp³-hybridized carbons (Fsp3) is 0.231. The summed E-state index contributed by atoms with van der Waals surface area (Å²) in [6.07, 6.45) is 1.84. The molecule has 3 rings (SSSR count). The first kappa shape index (κ1) is 28.3. The Morgan fingerprint density at radius 3 is 2.37 bits per heavy atom. The summed E-state index contributed by atoms with van der Waals surface area (Å²) in [4.78, 5) is 40.3. The molecule has 3 N–H and O–H groups in total. The summed E-state index contributed by atoms with van der Waals surface area (Å²) in [6, 6.07) is 17.7. The van der Waals surface area contributed by atoms with Crippen LogP contribution >= 0.6 is 0 Å². The van der Waals surface area contributed by atoms with Crippen molar-refractivity contribution in [2.45, 2.75) is 17.7 Å². The Labute approximate surface area is 220 Å². The number of nitrogens with one attached hydrogen (secondary N) is 3. The SMILES string of the molecule is COCCNC(=O)Oc1ccc(C(=O)NS(=O)(=O)c2cccc(C(=O)NCCCc3ccccc3)c2)cn1. The number of methoxy groups -OCH3 is 1. The molecule has 12 heteroatoms. The largest absolute Gasteiger partial charge is 0.414 e. The molecule has 0 aliphatic rings. The van der Waals surface area contributed by atoms with Crippen LogP contribution in [0.4, 0.5) is 4.79 Å². The third kappa shape index (κ3) is 8.68. The van der Waals surface area contributed by atoms with Crippen molar-refractivity contribution in [2.24, 2.45) is 0 Å². The molecule has 0 aliphatic heterocycles. The number of nitrogens with zero attached hydrogens (tertiary/aromatic N) is 1. The van der Waals surface area contributed by atoms with E-state index in [0.29, 0.717) is 13.2 Å². The molecule has 1 aromatic heterocycles. The molecule has 0 radical (unpaired) electrons. The molecule has 0 fully saturated rings. The van der Waals surface area contributed by atoms with E-state index in [1.807, 2.05) is 35.1 Å². The van der Waals surface area contributed by atoms with Gasteiger partial charge in [-0.3, -0.25) is 9.59 Å².